The number of furan rings is 1. The summed E-state index contributed by atoms with van der Waals surface area (Å²) in [5.74, 6) is -0.331. The van der Waals surface area contributed by atoms with Crippen LogP contribution in [0.2, 0.25) is 10.0 Å². The van der Waals surface area contributed by atoms with Crippen LogP contribution in [0.3, 0.4) is 0 Å². The number of amides is 2. The quantitative estimate of drug-likeness (QED) is 0.300. The molecule has 0 bridgehead atoms. The zero-order valence-electron chi connectivity index (χ0n) is 22.8. The van der Waals surface area contributed by atoms with Gasteiger partial charge < -0.3 is 9.32 Å². The van der Waals surface area contributed by atoms with Crippen molar-refractivity contribution in [3.05, 3.63) is 82.9 Å². The van der Waals surface area contributed by atoms with Crippen LogP contribution in [0, 0.1) is 0 Å². The van der Waals surface area contributed by atoms with E-state index in [9.17, 15) is 18.0 Å². The molecule has 1 fully saturated rings. The molecule has 0 spiro atoms. The lowest BCUT2D eigenvalue weighted by Crippen LogP contribution is -2.50. The first-order chi connectivity index (χ1) is 20.0. The Balaban J connectivity index is 1.43. The minimum atomic E-state index is -4.08. The number of imidazole rings is 1. The van der Waals surface area contributed by atoms with E-state index in [1.54, 1.807) is 42.5 Å². The van der Waals surface area contributed by atoms with E-state index in [2.05, 4.69) is 4.98 Å². The van der Waals surface area contributed by atoms with Crippen LogP contribution < -0.4 is 4.90 Å². The van der Waals surface area contributed by atoms with Gasteiger partial charge in [-0.15, -0.1) is 0 Å². The molecule has 2 aliphatic heterocycles. The predicted octanol–water partition coefficient (Wildman–Crippen LogP) is 4.94. The van der Waals surface area contributed by atoms with Crippen LogP contribution >= 0.6 is 23.2 Å². The molecule has 0 saturated carbocycles. The van der Waals surface area contributed by atoms with Crippen LogP contribution in [0.15, 0.2) is 76.7 Å². The molecular weight excluding hydrogens is 601 g/mol. The van der Waals surface area contributed by atoms with Crippen molar-refractivity contribution in [2.75, 3.05) is 31.1 Å². The molecule has 2 aromatic carbocycles. The monoisotopic (exact) mass is 627 g/mol. The van der Waals surface area contributed by atoms with Crippen molar-refractivity contribution in [2.45, 2.75) is 30.8 Å². The third-order valence-electron chi connectivity index (χ3n) is 7.82. The van der Waals surface area contributed by atoms with E-state index in [0.717, 1.165) is 16.7 Å². The van der Waals surface area contributed by atoms with E-state index in [4.69, 9.17) is 27.6 Å². The third-order valence-corrected chi connectivity index (χ3v) is 10.1. The fourth-order valence-electron chi connectivity index (χ4n) is 5.63. The molecule has 2 aliphatic rings. The highest BCUT2D eigenvalue weighted by Crippen LogP contribution is 2.45. The molecule has 6 rings (SSSR count). The van der Waals surface area contributed by atoms with Gasteiger partial charge in [0.1, 0.15) is 5.54 Å². The number of hydrogen-bond donors (Lipinski definition) is 0. The molecule has 0 aliphatic carbocycles. The molecule has 42 heavy (non-hydrogen) atoms. The Bertz CT molecular complexity index is 1760. The Kier molecular flexibility index (Phi) is 7.17. The average Bonchev–Trinajstić information content (AvgIpc) is 3.68. The molecule has 1 atom stereocenters. The summed E-state index contributed by atoms with van der Waals surface area (Å²) in [5.41, 5.74) is 1.71. The van der Waals surface area contributed by atoms with E-state index in [0.29, 0.717) is 15.7 Å². The first-order valence-corrected chi connectivity index (χ1v) is 15.4. The predicted molar refractivity (Wildman–Crippen MR) is 158 cm³/mol. The average molecular weight is 629 g/mol. The van der Waals surface area contributed by atoms with Gasteiger partial charge in [-0.3, -0.25) is 14.2 Å². The molecule has 4 aromatic rings. The second-order valence-electron chi connectivity index (χ2n) is 10.6. The summed E-state index contributed by atoms with van der Waals surface area (Å²) in [5, 5.41) is 0.543. The van der Waals surface area contributed by atoms with Gasteiger partial charge in [0.25, 0.3) is 15.9 Å². The maximum absolute atomic E-state index is 14.3. The number of hydrogen-bond acceptors (Lipinski definition) is 6. The molecule has 2 aromatic heterocycles. The van der Waals surface area contributed by atoms with Crippen LogP contribution in [-0.4, -0.2) is 65.2 Å². The number of carbonyl (C=O) groups excluding carboxylic acids is 2. The maximum Gasteiger partial charge on any atom is 0.260 e. The molecule has 1 unspecified atom stereocenters. The highest BCUT2D eigenvalue weighted by atomic mass is 35.5. The standard InChI is InChI=1S/C29H27Cl2N5O5S/c1-19(37)33-8-10-34(11-9-33)42(39,40)26-17-32-28-35(25-14-23(30)13-24(31)15-25)27(38)29(2,36(26)28)16-20-3-5-21(6-4-20)22-7-12-41-18-22/h3-7,12-15,17-18H,8-11,16H2,1-2H3. The van der Waals surface area contributed by atoms with E-state index in [1.165, 1.54) is 26.9 Å². The fraction of sp³-hybridized carbons (Fsp3) is 0.276. The Morgan fingerprint density at radius 1 is 1.00 bits per heavy atom. The van der Waals surface area contributed by atoms with Crippen molar-refractivity contribution in [3.8, 4) is 11.1 Å². The second-order valence-corrected chi connectivity index (χ2v) is 13.3. The number of halogens is 2. The Labute approximate surface area is 253 Å². The largest absolute Gasteiger partial charge is 0.472 e. The summed E-state index contributed by atoms with van der Waals surface area (Å²) < 4.78 is 36.1. The topological polar surface area (TPSA) is 109 Å². The van der Waals surface area contributed by atoms with Crippen molar-refractivity contribution in [2.24, 2.45) is 0 Å². The highest BCUT2D eigenvalue weighted by molar-refractivity contribution is 7.89. The molecule has 10 nitrogen and oxygen atoms in total. The van der Waals surface area contributed by atoms with Crippen molar-refractivity contribution < 1.29 is 22.4 Å². The highest BCUT2D eigenvalue weighted by Gasteiger charge is 2.52. The first-order valence-electron chi connectivity index (χ1n) is 13.2. The van der Waals surface area contributed by atoms with Crippen molar-refractivity contribution >= 4 is 56.7 Å². The lowest BCUT2D eigenvalue weighted by molar-refractivity contribution is -0.130. The number of benzene rings is 2. The molecule has 218 valence electrons. The first kappa shape index (κ1) is 28.5. The van der Waals surface area contributed by atoms with Gasteiger partial charge in [-0.25, -0.2) is 18.3 Å². The van der Waals surface area contributed by atoms with Crippen LogP contribution in [0.5, 0.6) is 0 Å². The van der Waals surface area contributed by atoms with Gasteiger partial charge in [0, 0.05) is 55.1 Å². The lowest BCUT2D eigenvalue weighted by Gasteiger charge is -2.34. The second kappa shape index (κ2) is 10.6. The van der Waals surface area contributed by atoms with E-state index in [-0.39, 0.29) is 55.4 Å². The Morgan fingerprint density at radius 2 is 1.67 bits per heavy atom. The number of carbonyl (C=O) groups is 2. The van der Waals surface area contributed by atoms with E-state index < -0.39 is 15.6 Å². The van der Waals surface area contributed by atoms with Crippen LogP contribution in [0.25, 0.3) is 11.1 Å². The minimum Gasteiger partial charge on any atom is -0.472 e. The number of rotatable bonds is 6. The molecule has 1 saturated heterocycles. The molecule has 13 heteroatoms. The van der Waals surface area contributed by atoms with Gasteiger partial charge in [0.2, 0.25) is 11.9 Å². The summed E-state index contributed by atoms with van der Waals surface area (Å²) in [6, 6.07) is 14.3. The van der Waals surface area contributed by atoms with Crippen molar-refractivity contribution in [1.82, 2.24) is 18.8 Å². The minimum absolute atomic E-state index is 0.102. The van der Waals surface area contributed by atoms with Crippen molar-refractivity contribution in [3.63, 3.8) is 0 Å². The fourth-order valence-corrected chi connectivity index (χ4v) is 7.75. The summed E-state index contributed by atoms with van der Waals surface area (Å²) >= 11 is 12.6. The summed E-state index contributed by atoms with van der Waals surface area (Å²) in [4.78, 5) is 33.6. The molecule has 2 amide bonds. The summed E-state index contributed by atoms with van der Waals surface area (Å²) in [7, 11) is -4.08. The lowest BCUT2D eigenvalue weighted by atomic mass is 9.91. The summed E-state index contributed by atoms with van der Waals surface area (Å²) in [6.07, 6.45) is 4.72. The number of sulfonamides is 1. The zero-order chi connectivity index (χ0) is 29.8. The van der Waals surface area contributed by atoms with Gasteiger partial charge in [0.05, 0.1) is 24.4 Å². The van der Waals surface area contributed by atoms with Gasteiger partial charge in [-0.05, 0) is 42.3 Å². The smallest absolute Gasteiger partial charge is 0.260 e. The van der Waals surface area contributed by atoms with E-state index in [1.807, 2.05) is 30.3 Å². The van der Waals surface area contributed by atoms with Crippen LogP contribution in [-0.2, 0) is 31.6 Å². The normalized spacial score (nSPS) is 19.4. The van der Waals surface area contributed by atoms with Gasteiger partial charge in [0.15, 0.2) is 5.03 Å². The Hall–Kier alpha value is -3.64. The van der Waals surface area contributed by atoms with Gasteiger partial charge in [-0.2, -0.15) is 4.31 Å². The zero-order valence-corrected chi connectivity index (χ0v) is 25.2. The molecular formula is C29H27Cl2N5O5S. The molecule has 4 heterocycles. The Morgan fingerprint density at radius 3 is 2.26 bits per heavy atom. The SMILES string of the molecule is CC(=O)N1CCN(S(=O)(=O)c2cnc3n2C(C)(Cc2ccc(-c4ccoc4)cc2)C(=O)N3c2cc(Cl)cc(Cl)c2)CC1. The maximum atomic E-state index is 14.3. The van der Waals surface area contributed by atoms with Crippen molar-refractivity contribution in [1.29, 1.82) is 0 Å². The van der Waals surface area contributed by atoms with E-state index >= 15 is 0 Å². The number of anilines is 2. The van der Waals surface area contributed by atoms with Crippen LogP contribution in [0.4, 0.5) is 11.6 Å². The molecule has 0 radical (unpaired) electrons. The third kappa shape index (κ3) is 4.80. The van der Waals surface area contributed by atoms with Gasteiger partial charge in [-0.1, -0.05) is 47.5 Å². The summed E-state index contributed by atoms with van der Waals surface area (Å²) in [6.45, 7) is 4.00. The number of piperazine rings is 1. The van der Waals surface area contributed by atoms with Gasteiger partial charge >= 0.3 is 0 Å². The molecule has 0 N–H and O–H groups in total. The number of fused-ring (bicyclic) bond motifs is 1. The number of nitrogens with zero attached hydrogens (tertiary/aromatic N) is 5. The number of aromatic nitrogens is 2. The van der Waals surface area contributed by atoms with Crippen LogP contribution in [0.1, 0.15) is 19.4 Å².